The largest absolute Gasteiger partial charge is 0.480 e. The standard InChI is InChI=1S/C23H24ClF3N6O3/c1-3-16-20(32-8-6-28-7-9-32)21(35)19-22(29-11-18(31-19)36-2)33(16)12-17(34)30-15-5-4-13(10-14(15)24)23(25,26)27/h4-5,10-11,28H,3,6-9,12H2,1-2H3,(H,30,34). The molecule has 36 heavy (non-hydrogen) atoms. The summed E-state index contributed by atoms with van der Waals surface area (Å²) in [5.74, 6) is -0.400. The minimum Gasteiger partial charge on any atom is -0.480 e. The maximum atomic E-state index is 13.5. The first-order valence-electron chi connectivity index (χ1n) is 11.2. The minimum atomic E-state index is -4.56. The molecule has 0 radical (unpaired) electrons. The van der Waals surface area contributed by atoms with Crippen molar-refractivity contribution in [2.45, 2.75) is 26.1 Å². The van der Waals surface area contributed by atoms with Gasteiger partial charge >= 0.3 is 6.18 Å². The van der Waals surface area contributed by atoms with E-state index in [0.717, 1.165) is 18.2 Å². The number of benzene rings is 1. The highest BCUT2D eigenvalue weighted by atomic mass is 35.5. The summed E-state index contributed by atoms with van der Waals surface area (Å²) in [6.07, 6.45) is -2.78. The van der Waals surface area contributed by atoms with Crippen molar-refractivity contribution < 1.29 is 22.7 Å². The molecule has 3 heterocycles. The topological polar surface area (TPSA) is 101 Å². The normalized spacial score (nSPS) is 14.2. The van der Waals surface area contributed by atoms with Crippen LogP contribution in [0.15, 0.2) is 29.2 Å². The Morgan fingerprint density at radius 2 is 2.00 bits per heavy atom. The van der Waals surface area contributed by atoms with Crippen LogP contribution in [-0.4, -0.2) is 53.7 Å². The summed E-state index contributed by atoms with van der Waals surface area (Å²) >= 11 is 6.01. The van der Waals surface area contributed by atoms with E-state index in [9.17, 15) is 22.8 Å². The highest BCUT2D eigenvalue weighted by Gasteiger charge is 2.31. The Bertz CT molecular complexity index is 1360. The number of methoxy groups -OCH3 is 1. The Kier molecular flexibility index (Phi) is 7.36. The first-order chi connectivity index (χ1) is 17.1. The summed E-state index contributed by atoms with van der Waals surface area (Å²) in [5, 5.41) is 5.55. The van der Waals surface area contributed by atoms with Gasteiger partial charge in [0, 0.05) is 31.9 Å². The molecule has 2 N–H and O–H groups in total. The zero-order valence-corrected chi connectivity index (χ0v) is 20.3. The molecule has 0 bridgehead atoms. The van der Waals surface area contributed by atoms with E-state index in [1.807, 2.05) is 11.8 Å². The van der Waals surface area contributed by atoms with Gasteiger partial charge < -0.3 is 24.8 Å². The summed E-state index contributed by atoms with van der Waals surface area (Å²) < 4.78 is 45.6. The average molecular weight is 525 g/mol. The molecular weight excluding hydrogens is 501 g/mol. The molecule has 1 aliphatic rings. The smallest absolute Gasteiger partial charge is 0.416 e. The summed E-state index contributed by atoms with van der Waals surface area (Å²) in [5.41, 5.74) is 0.100. The number of nitrogens with zero attached hydrogens (tertiary/aromatic N) is 4. The maximum absolute atomic E-state index is 13.5. The molecule has 0 saturated carbocycles. The third kappa shape index (κ3) is 5.09. The molecule has 0 spiro atoms. The Morgan fingerprint density at radius 3 is 2.61 bits per heavy atom. The lowest BCUT2D eigenvalue weighted by Crippen LogP contribution is -2.46. The summed E-state index contributed by atoms with van der Waals surface area (Å²) in [4.78, 5) is 37.2. The molecule has 0 unspecified atom stereocenters. The fourth-order valence-electron chi connectivity index (χ4n) is 4.18. The van der Waals surface area contributed by atoms with E-state index < -0.39 is 17.6 Å². The Morgan fingerprint density at radius 1 is 1.28 bits per heavy atom. The maximum Gasteiger partial charge on any atom is 0.416 e. The number of aromatic nitrogens is 3. The van der Waals surface area contributed by atoms with Crippen molar-refractivity contribution in [3.8, 4) is 5.88 Å². The number of rotatable bonds is 6. The molecular formula is C23H24ClF3N6O3. The molecule has 0 aliphatic carbocycles. The number of pyridine rings is 1. The number of carbonyl (C=O) groups is 1. The van der Waals surface area contributed by atoms with Crippen LogP contribution < -0.4 is 25.7 Å². The van der Waals surface area contributed by atoms with Crippen molar-refractivity contribution >= 4 is 40.0 Å². The van der Waals surface area contributed by atoms with Crippen molar-refractivity contribution in [1.29, 1.82) is 0 Å². The second-order valence-electron chi connectivity index (χ2n) is 8.13. The van der Waals surface area contributed by atoms with E-state index >= 15 is 0 Å². The molecule has 1 aliphatic heterocycles. The van der Waals surface area contributed by atoms with Gasteiger partial charge in [0.2, 0.25) is 17.2 Å². The van der Waals surface area contributed by atoms with Crippen molar-refractivity contribution in [3.63, 3.8) is 0 Å². The van der Waals surface area contributed by atoms with Gasteiger partial charge in [-0.2, -0.15) is 13.2 Å². The lowest BCUT2D eigenvalue weighted by molar-refractivity contribution is -0.137. The average Bonchev–Trinajstić information content (AvgIpc) is 2.86. The van der Waals surface area contributed by atoms with E-state index in [0.29, 0.717) is 44.0 Å². The van der Waals surface area contributed by atoms with E-state index in [1.165, 1.54) is 13.3 Å². The van der Waals surface area contributed by atoms with Gasteiger partial charge in [-0.05, 0) is 24.6 Å². The minimum absolute atomic E-state index is 0.0353. The first-order valence-corrected chi connectivity index (χ1v) is 11.6. The number of halogens is 4. The van der Waals surface area contributed by atoms with Crippen molar-refractivity contribution in [2.75, 3.05) is 43.5 Å². The van der Waals surface area contributed by atoms with Crippen LogP contribution in [-0.2, 0) is 23.9 Å². The highest BCUT2D eigenvalue weighted by molar-refractivity contribution is 6.33. The molecule has 1 aromatic carbocycles. The van der Waals surface area contributed by atoms with Crippen LogP contribution in [0.5, 0.6) is 5.88 Å². The number of anilines is 2. The van der Waals surface area contributed by atoms with E-state index in [-0.39, 0.29) is 39.7 Å². The van der Waals surface area contributed by atoms with Crippen LogP contribution in [0.2, 0.25) is 5.02 Å². The number of fused-ring (bicyclic) bond motifs is 1. The molecule has 1 fully saturated rings. The quantitative estimate of drug-likeness (QED) is 0.511. The van der Waals surface area contributed by atoms with Gasteiger partial charge in [-0.1, -0.05) is 18.5 Å². The lowest BCUT2D eigenvalue weighted by Gasteiger charge is -2.31. The molecule has 4 rings (SSSR count). The van der Waals surface area contributed by atoms with Crippen LogP contribution in [0, 0.1) is 0 Å². The Labute approximate surface area is 209 Å². The second-order valence-corrected chi connectivity index (χ2v) is 8.53. The molecule has 3 aromatic rings. The van der Waals surface area contributed by atoms with E-state index in [2.05, 4.69) is 20.6 Å². The zero-order valence-electron chi connectivity index (χ0n) is 19.6. The van der Waals surface area contributed by atoms with Gasteiger partial charge in [-0.3, -0.25) is 9.59 Å². The molecule has 2 aromatic heterocycles. The third-order valence-corrected chi connectivity index (χ3v) is 6.18. The van der Waals surface area contributed by atoms with Gasteiger partial charge in [0.05, 0.1) is 29.6 Å². The fourth-order valence-corrected chi connectivity index (χ4v) is 4.41. The number of nitrogens with one attached hydrogen (secondary N) is 2. The van der Waals surface area contributed by atoms with Crippen LogP contribution >= 0.6 is 11.6 Å². The Balaban J connectivity index is 1.76. The summed E-state index contributed by atoms with van der Waals surface area (Å²) in [6.45, 7) is 4.17. The highest BCUT2D eigenvalue weighted by Crippen LogP contribution is 2.34. The number of amides is 1. The molecule has 0 atom stereocenters. The van der Waals surface area contributed by atoms with Crippen LogP contribution in [0.1, 0.15) is 18.2 Å². The van der Waals surface area contributed by atoms with Gasteiger partial charge in [-0.25, -0.2) is 9.97 Å². The predicted molar refractivity (Wildman–Crippen MR) is 130 cm³/mol. The number of carbonyl (C=O) groups excluding carboxylic acids is 1. The fraction of sp³-hybridized carbons (Fsp3) is 0.391. The number of hydrogen-bond acceptors (Lipinski definition) is 7. The SMILES string of the molecule is CCc1c(N2CCNCC2)c(=O)c2nc(OC)cnc2n1CC(=O)Nc1ccc(C(F)(F)F)cc1Cl. The number of ether oxygens (including phenoxy) is 1. The lowest BCUT2D eigenvalue weighted by atomic mass is 10.1. The predicted octanol–water partition coefficient (Wildman–Crippen LogP) is 3.08. The van der Waals surface area contributed by atoms with Crippen molar-refractivity contribution in [1.82, 2.24) is 19.9 Å². The van der Waals surface area contributed by atoms with E-state index in [4.69, 9.17) is 16.3 Å². The van der Waals surface area contributed by atoms with Gasteiger partial charge in [-0.15, -0.1) is 0 Å². The second kappa shape index (κ2) is 10.3. The molecule has 13 heteroatoms. The van der Waals surface area contributed by atoms with Crippen LogP contribution in [0.4, 0.5) is 24.5 Å². The zero-order chi connectivity index (χ0) is 26.0. The summed E-state index contributed by atoms with van der Waals surface area (Å²) in [7, 11) is 1.41. The number of hydrogen-bond donors (Lipinski definition) is 2. The van der Waals surface area contributed by atoms with Crippen LogP contribution in [0.25, 0.3) is 11.2 Å². The summed E-state index contributed by atoms with van der Waals surface area (Å²) in [6, 6.07) is 2.70. The van der Waals surface area contributed by atoms with E-state index in [1.54, 1.807) is 4.57 Å². The van der Waals surface area contributed by atoms with Gasteiger partial charge in [0.1, 0.15) is 12.2 Å². The Hall–Kier alpha value is -3.38. The van der Waals surface area contributed by atoms with Crippen LogP contribution in [0.3, 0.4) is 0 Å². The molecule has 9 nitrogen and oxygen atoms in total. The first kappa shape index (κ1) is 25.7. The van der Waals surface area contributed by atoms with Crippen molar-refractivity contribution in [3.05, 3.63) is 50.9 Å². The number of piperazine rings is 1. The van der Waals surface area contributed by atoms with Crippen molar-refractivity contribution in [2.24, 2.45) is 0 Å². The molecule has 1 amide bonds. The molecule has 1 saturated heterocycles. The third-order valence-electron chi connectivity index (χ3n) is 5.87. The number of alkyl halides is 3. The van der Waals surface area contributed by atoms with Gasteiger partial charge in [0.25, 0.3) is 0 Å². The molecule has 192 valence electrons. The van der Waals surface area contributed by atoms with Gasteiger partial charge in [0.15, 0.2) is 11.2 Å². The monoisotopic (exact) mass is 524 g/mol.